The molecule has 0 unspecified atom stereocenters. The first kappa shape index (κ1) is 43.2. The predicted octanol–water partition coefficient (Wildman–Crippen LogP) is 11.4. The number of rotatable bonds is 11. The lowest BCUT2D eigenvalue weighted by Crippen LogP contribution is -2.47. The maximum absolute atomic E-state index is 12.8. The van der Waals surface area contributed by atoms with Gasteiger partial charge in [0, 0.05) is 99.5 Å². The number of nitrogens with zero attached hydrogens (tertiary/aromatic N) is 5. The number of aromatic nitrogens is 2. The smallest absolute Gasteiger partial charge is 0.341 e. The van der Waals surface area contributed by atoms with Crippen molar-refractivity contribution in [2.24, 2.45) is 10.8 Å². The van der Waals surface area contributed by atoms with E-state index in [9.17, 15) is 4.79 Å². The van der Waals surface area contributed by atoms with Crippen LogP contribution in [-0.4, -0.2) is 98.3 Å². The Morgan fingerprint density at radius 1 is 0.698 bits per heavy atom. The van der Waals surface area contributed by atoms with E-state index >= 15 is 0 Å². The third-order valence-electron chi connectivity index (χ3n) is 14.1. The number of ether oxygens (including phenoxy) is 2. The zero-order valence-corrected chi connectivity index (χ0v) is 38.6. The van der Waals surface area contributed by atoms with Gasteiger partial charge in [-0.25, -0.2) is 9.78 Å². The molecule has 2 saturated heterocycles. The molecule has 2 aliphatic carbocycles. The third-order valence-corrected chi connectivity index (χ3v) is 14.3. The Labute approximate surface area is 378 Å². The van der Waals surface area contributed by atoms with Gasteiger partial charge in [-0.1, -0.05) is 74.7 Å². The number of allylic oxidation sites excluding steroid dienone is 2. The van der Waals surface area contributed by atoms with Crippen molar-refractivity contribution in [3.63, 3.8) is 0 Å². The van der Waals surface area contributed by atoms with E-state index in [1.165, 1.54) is 54.3 Å². The summed E-state index contributed by atoms with van der Waals surface area (Å²) >= 11 is 6.28. The van der Waals surface area contributed by atoms with E-state index in [2.05, 4.69) is 93.7 Å². The second kappa shape index (κ2) is 18.2. The molecule has 0 radical (unpaired) electrons. The van der Waals surface area contributed by atoms with Gasteiger partial charge in [-0.3, -0.25) is 9.80 Å². The molecule has 10 heteroatoms. The number of hydrogen-bond donors (Lipinski definition) is 1. The Hall–Kier alpha value is -5.09. The third kappa shape index (κ3) is 10.0. The van der Waals surface area contributed by atoms with Crippen molar-refractivity contribution in [1.29, 1.82) is 0 Å². The highest BCUT2D eigenvalue weighted by atomic mass is 35.5. The van der Waals surface area contributed by atoms with Crippen molar-refractivity contribution >= 4 is 51.1 Å². The van der Waals surface area contributed by atoms with Crippen LogP contribution in [0.3, 0.4) is 0 Å². The summed E-state index contributed by atoms with van der Waals surface area (Å²) < 4.78 is 11.4. The van der Waals surface area contributed by atoms with Crippen molar-refractivity contribution in [1.82, 2.24) is 19.8 Å². The van der Waals surface area contributed by atoms with Crippen molar-refractivity contribution < 1.29 is 14.3 Å². The van der Waals surface area contributed by atoms with Gasteiger partial charge in [0.1, 0.15) is 22.7 Å². The van der Waals surface area contributed by atoms with Crippen molar-refractivity contribution in [2.75, 3.05) is 82.4 Å². The number of fused-ring (bicyclic) bond motifs is 1. The van der Waals surface area contributed by atoms with E-state index in [0.29, 0.717) is 22.5 Å². The van der Waals surface area contributed by atoms with Crippen LogP contribution in [0.5, 0.6) is 11.5 Å². The van der Waals surface area contributed by atoms with Gasteiger partial charge in [0.2, 0.25) is 0 Å². The van der Waals surface area contributed by atoms with E-state index in [1.807, 2.05) is 48.7 Å². The standard InChI is InChI=1S/C53H63ClN6O3/c1-52(2)19-16-40(47(32-52)37-6-10-42(54)11-7-37)35-57-22-26-59(27-23-57)43-12-8-38(9-13-43)48-33-53(3,4)20-17-41(48)36-58-24-28-60(29-25-58)44-14-15-46(51(61)62-5)49(31-44)63-45-30-39-18-21-55-50(39)56-34-45/h6-15,18,21,30-31,34H,16-17,19-20,22-29,32-33,35-36H2,1-5H3,(H,55,56). The van der Waals surface area contributed by atoms with Crippen LogP contribution in [0.4, 0.5) is 11.4 Å². The molecule has 330 valence electrons. The number of aromatic amines is 1. The fourth-order valence-corrected chi connectivity index (χ4v) is 10.3. The summed E-state index contributed by atoms with van der Waals surface area (Å²) in [6.45, 7) is 19.7. The summed E-state index contributed by atoms with van der Waals surface area (Å²) in [5.74, 6) is 0.605. The van der Waals surface area contributed by atoms with Gasteiger partial charge >= 0.3 is 5.97 Å². The molecule has 0 bridgehead atoms. The minimum atomic E-state index is -0.429. The van der Waals surface area contributed by atoms with E-state index in [0.717, 1.165) is 106 Å². The Morgan fingerprint density at radius 3 is 1.81 bits per heavy atom. The summed E-state index contributed by atoms with van der Waals surface area (Å²) in [6, 6.07) is 27.7. The average Bonchev–Trinajstić information content (AvgIpc) is 3.76. The Kier molecular flexibility index (Phi) is 12.5. The topological polar surface area (TPSA) is 77.2 Å². The van der Waals surface area contributed by atoms with Crippen LogP contribution in [0.15, 0.2) is 102 Å². The Bertz CT molecular complexity index is 2490. The van der Waals surface area contributed by atoms with Crippen LogP contribution in [0, 0.1) is 10.8 Å². The van der Waals surface area contributed by atoms with Crippen molar-refractivity contribution in [2.45, 2.75) is 66.2 Å². The van der Waals surface area contributed by atoms with E-state index in [-0.39, 0.29) is 5.41 Å². The molecule has 3 aromatic carbocycles. The number of anilines is 2. The largest absolute Gasteiger partial charge is 0.465 e. The molecule has 63 heavy (non-hydrogen) atoms. The molecule has 0 atom stereocenters. The molecule has 2 aliphatic heterocycles. The van der Waals surface area contributed by atoms with E-state index in [4.69, 9.17) is 21.1 Å². The van der Waals surface area contributed by atoms with Gasteiger partial charge in [-0.05, 0) is 120 Å². The molecule has 2 aromatic heterocycles. The maximum atomic E-state index is 12.8. The average molecular weight is 868 g/mol. The van der Waals surface area contributed by atoms with Gasteiger partial charge in [-0.2, -0.15) is 0 Å². The number of benzene rings is 3. The minimum Gasteiger partial charge on any atom is -0.465 e. The van der Waals surface area contributed by atoms with Crippen LogP contribution in [0.1, 0.15) is 87.7 Å². The lowest BCUT2D eigenvalue weighted by Gasteiger charge is -2.40. The number of hydrogen-bond acceptors (Lipinski definition) is 8. The molecule has 4 heterocycles. The SMILES string of the molecule is COC(=O)c1ccc(N2CCN(CC3=C(c4ccc(N5CCN(CC6=C(c7ccc(Cl)cc7)CC(C)(C)CC6)CC5)cc4)CC(C)(C)CC3)CC2)cc1Oc1cnc2[nH]ccc2c1. The molecule has 0 amide bonds. The predicted molar refractivity (Wildman–Crippen MR) is 258 cm³/mol. The number of carbonyl (C=O) groups is 1. The number of piperazine rings is 2. The van der Waals surface area contributed by atoms with Crippen LogP contribution >= 0.6 is 11.6 Å². The second-order valence-corrected chi connectivity index (χ2v) is 20.2. The first-order chi connectivity index (χ1) is 30.4. The zero-order valence-electron chi connectivity index (χ0n) is 37.8. The number of halogens is 1. The van der Waals surface area contributed by atoms with Crippen LogP contribution < -0.4 is 14.5 Å². The summed E-state index contributed by atoms with van der Waals surface area (Å²) in [5, 5.41) is 1.75. The highest BCUT2D eigenvalue weighted by Gasteiger charge is 2.31. The molecule has 0 saturated carbocycles. The summed E-state index contributed by atoms with van der Waals surface area (Å²) in [4.78, 5) is 30.6. The number of methoxy groups -OCH3 is 1. The number of esters is 1. The molecule has 9 nitrogen and oxygen atoms in total. The van der Waals surface area contributed by atoms with Crippen LogP contribution in [0.25, 0.3) is 22.2 Å². The van der Waals surface area contributed by atoms with Gasteiger partial charge in [0.15, 0.2) is 0 Å². The highest BCUT2D eigenvalue weighted by Crippen LogP contribution is 2.45. The number of nitrogens with one attached hydrogen (secondary N) is 1. The van der Waals surface area contributed by atoms with Gasteiger partial charge in [0.25, 0.3) is 0 Å². The minimum absolute atomic E-state index is 0.281. The number of pyridine rings is 1. The fourth-order valence-electron chi connectivity index (χ4n) is 10.2. The number of carbonyl (C=O) groups excluding carboxylic acids is 1. The molecule has 5 aromatic rings. The van der Waals surface area contributed by atoms with E-state index in [1.54, 1.807) is 17.3 Å². The summed E-state index contributed by atoms with van der Waals surface area (Å²) in [5.41, 5.74) is 13.1. The normalized spacial score (nSPS) is 19.8. The molecule has 9 rings (SSSR count). The highest BCUT2D eigenvalue weighted by molar-refractivity contribution is 6.30. The quantitative estimate of drug-likeness (QED) is 0.132. The Morgan fingerprint density at radius 2 is 1.24 bits per heavy atom. The first-order valence-corrected chi connectivity index (χ1v) is 23.3. The Balaban J connectivity index is 0.835. The molecular formula is C53H63ClN6O3. The molecule has 4 aliphatic rings. The van der Waals surface area contributed by atoms with Gasteiger partial charge in [-0.15, -0.1) is 0 Å². The summed E-state index contributed by atoms with van der Waals surface area (Å²) in [7, 11) is 1.40. The number of H-pyrrole nitrogens is 1. The first-order valence-electron chi connectivity index (χ1n) is 22.9. The van der Waals surface area contributed by atoms with Crippen LogP contribution in [0.2, 0.25) is 5.02 Å². The fraction of sp³-hybridized carbons (Fsp3) is 0.434. The lowest BCUT2D eigenvalue weighted by atomic mass is 9.72. The summed E-state index contributed by atoms with van der Waals surface area (Å²) in [6.07, 6.45) is 10.5. The van der Waals surface area contributed by atoms with E-state index < -0.39 is 5.97 Å². The van der Waals surface area contributed by atoms with Crippen molar-refractivity contribution in [3.8, 4) is 11.5 Å². The second-order valence-electron chi connectivity index (χ2n) is 19.8. The molecule has 2 fully saturated rings. The molecule has 0 spiro atoms. The molecule has 1 N–H and O–H groups in total. The lowest BCUT2D eigenvalue weighted by molar-refractivity contribution is 0.0598. The maximum Gasteiger partial charge on any atom is 0.341 e. The monoisotopic (exact) mass is 866 g/mol. The van der Waals surface area contributed by atoms with Gasteiger partial charge in [0.05, 0.1) is 13.3 Å². The van der Waals surface area contributed by atoms with Gasteiger partial charge < -0.3 is 24.3 Å². The van der Waals surface area contributed by atoms with Crippen LogP contribution in [-0.2, 0) is 4.74 Å². The molecular weight excluding hydrogens is 804 g/mol. The van der Waals surface area contributed by atoms with Crippen molar-refractivity contribution in [3.05, 3.63) is 124 Å². The zero-order chi connectivity index (χ0) is 43.7.